The Labute approximate surface area is 187 Å². The van der Waals surface area contributed by atoms with Crippen LogP contribution in [0.5, 0.6) is 0 Å². The van der Waals surface area contributed by atoms with E-state index in [4.69, 9.17) is 9.84 Å². The Kier molecular flexibility index (Phi) is 6.44. The zero-order valence-corrected chi connectivity index (χ0v) is 18.0. The molecule has 0 spiro atoms. The average molecular weight is 437 g/mol. The number of carboxylic acid groups (broad SMARTS) is 1. The van der Waals surface area contributed by atoms with E-state index >= 15 is 0 Å². The number of benzene rings is 2. The minimum Gasteiger partial charge on any atom is -0.481 e. The van der Waals surface area contributed by atoms with Crippen LogP contribution in [0.4, 0.5) is 4.79 Å². The number of ether oxygens (including phenoxy) is 1. The van der Waals surface area contributed by atoms with E-state index in [9.17, 15) is 14.4 Å². The van der Waals surface area contributed by atoms with Crippen LogP contribution in [0.25, 0.3) is 11.1 Å². The van der Waals surface area contributed by atoms with Gasteiger partial charge in [-0.15, -0.1) is 0 Å². The number of fused-ring (bicyclic) bond motifs is 3. The molecule has 2 aromatic carbocycles. The van der Waals surface area contributed by atoms with Gasteiger partial charge in [0, 0.05) is 24.9 Å². The lowest BCUT2D eigenvalue weighted by molar-refractivity contribution is -0.139. The Bertz CT molecular complexity index is 969. The van der Waals surface area contributed by atoms with Gasteiger partial charge in [0.05, 0.1) is 5.92 Å². The summed E-state index contributed by atoms with van der Waals surface area (Å²) in [4.78, 5) is 35.3. The van der Waals surface area contributed by atoms with Gasteiger partial charge in [0.1, 0.15) is 6.61 Å². The lowest BCUT2D eigenvalue weighted by atomic mass is 9.78. The molecule has 1 saturated carbocycles. The summed E-state index contributed by atoms with van der Waals surface area (Å²) < 4.78 is 5.50. The summed E-state index contributed by atoms with van der Waals surface area (Å²) in [5.41, 5.74) is 4.64. The fraction of sp³-hybridized carbons (Fsp3) is 0.400. The van der Waals surface area contributed by atoms with Crippen molar-refractivity contribution in [1.29, 1.82) is 0 Å². The highest BCUT2D eigenvalue weighted by atomic mass is 16.5. The number of carbonyl (C=O) groups is 3. The maximum absolute atomic E-state index is 12.3. The summed E-state index contributed by atoms with van der Waals surface area (Å²) in [5, 5.41) is 14.4. The molecule has 3 N–H and O–H groups in total. The van der Waals surface area contributed by atoms with Gasteiger partial charge in [-0.3, -0.25) is 9.59 Å². The number of hydrogen-bond acceptors (Lipinski definition) is 4. The number of carbonyl (C=O) groups excluding carboxylic acids is 2. The van der Waals surface area contributed by atoms with E-state index in [1.807, 2.05) is 24.3 Å². The van der Waals surface area contributed by atoms with Crippen molar-refractivity contribution in [1.82, 2.24) is 10.6 Å². The van der Waals surface area contributed by atoms with Crippen LogP contribution in [0.15, 0.2) is 48.5 Å². The van der Waals surface area contributed by atoms with E-state index in [0.717, 1.165) is 11.1 Å². The van der Waals surface area contributed by atoms with Crippen molar-refractivity contribution >= 4 is 18.0 Å². The van der Waals surface area contributed by atoms with Gasteiger partial charge in [0.25, 0.3) is 0 Å². The van der Waals surface area contributed by atoms with E-state index in [-0.39, 0.29) is 43.4 Å². The molecule has 1 unspecified atom stereocenters. The molecule has 0 saturated heterocycles. The maximum atomic E-state index is 12.3. The molecule has 0 aromatic heterocycles. The first kappa shape index (κ1) is 21.9. The Morgan fingerprint density at radius 2 is 1.62 bits per heavy atom. The van der Waals surface area contributed by atoms with Gasteiger partial charge in [0.2, 0.25) is 5.91 Å². The molecule has 168 valence electrons. The van der Waals surface area contributed by atoms with Crippen LogP contribution in [0, 0.1) is 11.8 Å². The largest absolute Gasteiger partial charge is 0.481 e. The third kappa shape index (κ3) is 4.77. The van der Waals surface area contributed by atoms with Crippen LogP contribution in [-0.4, -0.2) is 42.3 Å². The lowest BCUT2D eigenvalue weighted by Crippen LogP contribution is -2.48. The van der Waals surface area contributed by atoms with E-state index in [0.29, 0.717) is 12.8 Å². The number of nitrogens with one attached hydrogen (secondary N) is 2. The topological polar surface area (TPSA) is 105 Å². The van der Waals surface area contributed by atoms with E-state index < -0.39 is 18.0 Å². The fourth-order valence-electron chi connectivity index (χ4n) is 4.59. The fourth-order valence-corrected chi connectivity index (χ4v) is 4.59. The maximum Gasteiger partial charge on any atom is 0.407 e. The summed E-state index contributed by atoms with van der Waals surface area (Å²) in [6.07, 6.45) is 0.970. The third-order valence-corrected chi connectivity index (χ3v) is 6.39. The molecule has 2 aromatic rings. The molecule has 0 heterocycles. The lowest BCUT2D eigenvalue weighted by Gasteiger charge is -2.35. The molecular weight excluding hydrogens is 408 g/mol. The predicted molar refractivity (Wildman–Crippen MR) is 119 cm³/mol. The van der Waals surface area contributed by atoms with Crippen molar-refractivity contribution < 1.29 is 24.2 Å². The van der Waals surface area contributed by atoms with Gasteiger partial charge in [-0.1, -0.05) is 55.5 Å². The first-order chi connectivity index (χ1) is 15.4. The highest BCUT2D eigenvalue weighted by molar-refractivity contribution is 5.80. The summed E-state index contributed by atoms with van der Waals surface area (Å²) in [6, 6.07) is 16.3. The smallest absolute Gasteiger partial charge is 0.407 e. The van der Waals surface area contributed by atoms with Crippen molar-refractivity contribution in [3.63, 3.8) is 0 Å². The van der Waals surface area contributed by atoms with Crippen LogP contribution in [0.1, 0.15) is 43.2 Å². The molecule has 0 aliphatic heterocycles. The second-order valence-electron chi connectivity index (χ2n) is 8.75. The monoisotopic (exact) mass is 436 g/mol. The van der Waals surface area contributed by atoms with Gasteiger partial charge in [-0.25, -0.2) is 4.79 Å². The second-order valence-corrected chi connectivity index (χ2v) is 8.75. The van der Waals surface area contributed by atoms with Gasteiger partial charge in [-0.05, 0) is 41.0 Å². The molecule has 0 bridgehead atoms. The molecule has 1 atom stereocenters. The van der Waals surface area contributed by atoms with E-state index in [1.165, 1.54) is 11.1 Å². The highest BCUT2D eigenvalue weighted by Crippen LogP contribution is 2.44. The number of carboxylic acids is 1. The molecule has 7 heteroatoms. The standard InChI is InChI=1S/C25H28N2O5/c1-15(24(30)27-17-10-16(11-17)12-23(28)29)13-26-25(31)32-14-22-20-8-4-2-6-18(20)19-7-3-5-9-21(19)22/h2-9,15-17,22H,10-14H2,1H3,(H,26,31)(H,27,30)(H,28,29). The number of rotatable bonds is 8. The van der Waals surface area contributed by atoms with Crippen molar-refractivity contribution in [2.24, 2.45) is 11.8 Å². The van der Waals surface area contributed by atoms with Crippen LogP contribution < -0.4 is 10.6 Å². The van der Waals surface area contributed by atoms with Gasteiger partial charge in [0.15, 0.2) is 0 Å². The molecule has 7 nitrogen and oxygen atoms in total. The number of hydrogen-bond donors (Lipinski definition) is 3. The number of amides is 2. The molecule has 32 heavy (non-hydrogen) atoms. The molecule has 0 radical (unpaired) electrons. The SMILES string of the molecule is CC(CNC(=O)OCC1c2ccccc2-c2ccccc21)C(=O)NC1CC(CC(=O)O)C1. The molecule has 2 aliphatic carbocycles. The van der Waals surface area contributed by atoms with Gasteiger partial charge < -0.3 is 20.5 Å². The zero-order valence-electron chi connectivity index (χ0n) is 18.0. The quantitative estimate of drug-likeness (QED) is 0.587. The predicted octanol–water partition coefficient (Wildman–Crippen LogP) is 3.53. The first-order valence-corrected chi connectivity index (χ1v) is 11.0. The van der Waals surface area contributed by atoms with Crippen molar-refractivity contribution in [2.75, 3.05) is 13.2 Å². The van der Waals surface area contributed by atoms with E-state index in [2.05, 4.69) is 34.9 Å². The number of alkyl carbamates (subject to hydrolysis) is 1. The van der Waals surface area contributed by atoms with Crippen LogP contribution in [0.2, 0.25) is 0 Å². The minimum atomic E-state index is -0.805. The summed E-state index contributed by atoms with van der Waals surface area (Å²) >= 11 is 0. The Morgan fingerprint density at radius 1 is 1.03 bits per heavy atom. The molecule has 2 amide bonds. The first-order valence-electron chi connectivity index (χ1n) is 11.0. The van der Waals surface area contributed by atoms with Crippen molar-refractivity contribution in [3.05, 3.63) is 59.7 Å². The zero-order chi connectivity index (χ0) is 22.7. The minimum absolute atomic E-state index is 0.00811. The van der Waals surface area contributed by atoms with Gasteiger partial charge in [-0.2, -0.15) is 0 Å². The van der Waals surface area contributed by atoms with Crippen LogP contribution >= 0.6 is 0 Å². The molecule has 1 fully saturated rings. The molecule has 2 aliphatic rings. The van der Waals surface area contributed by atoms with Crippen molar-refractivity contribution in [2.45, 2.75) is 38.1 Å². The summed E-state index contributed by atoms with van der Waals surface area (Å²) in [5.74, 6) is -1.24. The average Bonchev–Trinajstić information content (AvgIpc) is 3.08. The van der Waals surface area contributed by atoms with Crippen LogP contribution in [0.3, 0.4) is 0 Å². The second kappa shape index (κ2) is 9.42. The van der Waals surface area contributed by atoms with Crippen molar-refractivity contribution in [3.8, 4) is 11.1 Å². The molecular formula is C25H28N2O5. The molecule has 4 rings (SSSR count). The highest BCUT2D eigenvalue weighted by Gasteiger charge is 2.33. The van der Waals surface area contributed by atoms with E-state index in [1.54, 1.807) is 6.92 Å². The Morgan fingerprint density at radius 3 is 2.22 bits per heavy atom. The number of aliphatic carboxylic acids is 1. The Balaban J connectivity index is 1.22. The van der Waals surface area contributed by atoms with Gasteiger partial charge >= 0.3 is 12.1 Å². The summed E-state index contributed by atoms with van der Waals surface area (Å²) in [7, 11) is 0. The third-order valence-electron chi connectivity index (χ3n) is 6.39. The Hall–Kier alpha value is -3.35. The summed E-state index contributed by atoms with van der Waals surface area (Å²) in [6.45, 7) is 2.15. The van der Waals surface area contributed by atoms with Crippen LogP contribution in [-0.2, 0) is 14.3 Å². The normalized spacial score (nSPS) is 19.8.